The van der Waals surface area contributed by atoms with Gasteiger partial charge in [-0.05, 0) is 53.9 Å². The fraction of sp³-hybridized carbons (Fsp3) is 0.412. The van der Waals surface area contributed by atoms with E-state index in [-0.39, 0.29) is 17.4 Å². The highest BCUT2D eigenvalue weighted by molar-refractivity contribution is 5.91. The molecule has 0 heterocycles. The van der Waals surface area contributed by atoms with Crippen LogP contribution in [0, 0.1) is 10.1 Å². The summed E-state index contributed by atoms with van der Waals surface area (Å²) >= 11 is 0. The van der Waals surface area contributed by atoms with Crippen molar-refractivity contribution in [1.82, 2.24) is 0 Å². The first-order chi connectivity index (χ1) is 20.0. The molecule has 0 aliphatic carbocycles. The van der Waals surface area contributed by atoms with E-state index in [2.05, 4.69) is 6.92 Å². The molecule has 0 fully saturated rings. The molecule has 0 aliphatic rings. The molecule has 0 aliphatic heterocycles. The number of non-ortho nitro benzene ring substituents is 1. The molecule has 0 unspecified atom stereocenters. The van der Waals surface area contributed by atoms with Crippen molar-refractivity contribution in [2.24, 2.45) is 0 Å². The van der Waals surface area contributed by atoms with E-state index in [0.29, 0.717) is 17.7 Å². The van der Waals surface area contributed by atoms with Crippen LogP contribution in [0.15, 0.2) is 72.8 Å². The molecule has 0 amide bonds. The molecule has 3 aromatic carbocycles. The summed E-state index contributed by atoms with van der Waals surface area (Å²) in [5, 5.41) is 10.8. The van der Waals surface area contributed by atoms with E-state index >= 15 is 0 Å². The third kappa shape index (κ3) is 11.6. The number of unbranched alkanes of at least 4 members (excludes halogenated alkanes) is 11. The molecule has 0 atom stereocenters. The molecule has 0 bridgehead atoms. The Balaban J connectivity index is 1.33. The quantitative estimate of drug-likeness (QED) is 0.0506. The van der Waals surface area contributed by atoms with Gasteiger partial charge in [0.05, 0.1) is 10.5 Å². The largest absolute Gasteiger partial charge is 0.427 e. The van der Waals surface area contributed by atoms with Crippen molar-refractivity contribution in [3.63, 3.8) is 0 Å². The lowest BCUT2D eigenvalue weighted by atomic mass is 10.0. The monoisotopic (exact) mass is 559 g/mol. The van der Waals surface area contributed by atoms with Crippen molar-refractivity contribution in [2.75, 3.05) is 0 Å². The molecule has 0 saturated carbocycles. The zero-order valence-corrected chi connectivity index (χ0v) is 24.0. The molecule has 41 heavy (non-hydrogen) atoms. The summed E-state index contributed by atoms with van der Waals surface area (Å²) < 4.78 is 10.8. The van der Waals surface area contributed by atoms with Gasteiger partial charge in [-0.3, -0.25) is 14.9 Å². The lowest BCUT2D eigenvalue weighted by molar-refractivity contribution is -0.384. The van der Waals surface area contributed by atoms with Crippen LogP contribution in [0.2, 0.25) is 0 Å². The average molecular weight is 560 g/mol. The molecule has 0 radical (unpaired) electrons. The van der Waals surface area contributed by atoms with Crippen molar-refractivity contribution < 1.29 is 24.0 Å². The van der Waals surface area contributed by atoms with Gasteiger partial charge in [-0.1, -0.05) is 102 Å². The van der Waals surface area contributed by atoms with Crippen LogP contribution >= 0.6 is 0 Å². The highest BCUT2D eigenvalue weighted by Crippen LogP contribution is 2.24. The van der Waals surface area contributed by atoms with Gasteiger partial charge in [0, 0.05) is 18.6 Å². The topological polar surface area (TPSA) is 95.7 Å². The molecule has 7 nitrogen and oxygen atoms in total. The third-order valence-corrected chi connectivity index (χ3v) is 7.03. The lowest BCUT2D eigenvalue weighted by Gasteiger charge is -2.08. The molecular weight excluding hydrogens is 518 g/mol. The van der Waals surface area contributed by atoms with Crippen molar-refractivity contribution in [2.45, 2.75) is 90.4 Å². The number of nitro groups is 1. The summed E-state index contributed by atoms with van der Waals surface area (Å²) in [5.74, 6) is -0.0175. The van der Waals surface area contributed by atoms with Gasteiger partial charge in [-0.25, -0.2) is 4.79 Å². The number of carbonyl (C=O) groups is 2. The van der Waals surface area contributed by atoms with Crippen molar-refractivity contribution in [3.8, 4) is 22.6 Å². The molecule has 0 saturated heterocycles. The maximum atomic E-state index is 12.4. The first kappa shape index (κ1) is 31.5. The fourth-order valence-corrected chi connectivity index (χ4v) is 4.61. The molecule has 0 aromatic heterocycles. The van der Waals surface area contributed by atoms with Crippen LogP contribution in [-0.2, 0) is 4.79 Å². The fourth-order valence-electron chi connectivity index (χ4n) is 4.61. The average Bonchev–Trinajstić information content (AvgIpc) is 2.98. The van der Waals surface area contributed by atoms with E-state index in [1.807, 2.05) is 12.1 Å². The van der Waals surface area contributed by atoms with Crippen molar-refractivity contribution in [1.29, 1.82) is 0 Å². The maximum absolute atomic E-state index is 12.4. The highest BCUT2D eigenvalue weighted by Gasteiger charge is 2.11. The molecular formula is C34H41NO6. The maximum Gasteiger partial charge on any atom is 0.343 e. The minimum absolute atomic E-state index is 0.0745. The molecule has 3 aromatic rings. The van der Waals surface area contributed by atoms with E-state index in [0.717, 1.165) is 24.0 Å². The van der Waals surface area contributed by atoms with Crippen LogP contribution < -0.4 is 9.47 Å². The predicted octanol–water partition coefficient (Wildman–Crippen LogP) is 9.48. The van der Waals surface area contributed by atoms with Gasteiger partial charge in [-0.2, -0.15) is 0 Å². The number of esters is 2. The van der Waals surface area contributed by atoms with E-state index < -0.39 is 10.9 Å². The van der Waals surface area contributed by atoms with E-state index in [4.69, 9.17) is 9.47 Å². The Morgan fingerprint density at radius 3 is 1.56 bits per heavy atom. The number of hydrogen-bond acceptors (Lipinski definition) is 6. The van der Waals surface area contributed by atoms with E-state index in [9.17, 15) is 19.7 Å². The molecule has 3 rings (SSSR count). The Hall–Kier alpha value is -4.00. The van der Waals surface area contributed by atoms with Crippen LogP contribution in [0.25, 0.3) is 11.1 Å². The number of hydrogen-bond donors (Lipinski definition) is 0. The Morgan fingerprint density at radius 1 is 0.610 bits per heavy atom. The zero-order chi connectivity index (χ0) is 29.3. The predicted molar refractivity (Wildman–Crippen MR) is 161 cm³/mol. The zero-order valence-electron chi connectivity index (χ0n) is 24.0. The Labute approximate surface area is 243 Å². The number of nitrogens with zero attached hydrogens (tertiary/aromatic N) is 1. The number of ether oxygens (including phenoxy) is 2. The normalized spacial score (nSPS) is 10.8. The number of carbonyl (C=O) groups excluding carboxylic acids is 2. The molecule has 0 N–H and O–H groups in total. The van der Waals surface area contributed by atoms with E-state index in [1.54, 1.807) is 36.4 Å². The molecule has 7 heteroatoms. The Kier molecular flexibility index (Phi) is 13.6. The minimum Gasteiger partial charge on any atom is -0.427 e. The molecule has 218 valence electrons. The number of rotatable bonds is 18. The van der Waals surface area contributed by atoms with Gasteiger partial charge in [0.1, 0.15) is 11.5 Å². The number of nitro benzene ring substituents is 1. The number of benzene rings is 3. The van der Waals surface area contributed by atoms with Gasteiger partial charge in [0.25, 0.3) is 5.69 Å². The standard InChI is InChI=1S/C34H41NO6/c1-2-3-4-5-6-7-8-9-10-11-12-13-14-33(36)40-31-23-19-28(20-24-31)27-15-17-29(18-16-27)34(37)41-32-25-21-30(22-26-32)35(38)39/h15-26H,2-14H2,1H3. The summed E-state index contributed by atoms with van der Waals surface area (Å²) in [4.78, 5) is 34.9. The van der Waals surface area contributed by atoms with Gasteiger partial charge in [0.15, 0.2) is 0 Å². The van der Waals surface area contributed by atoms with Crippen LogP contribution in [0.3, 0.4) is 0 Å². The van der Waals surface area contributed by atoms with Crippen LogP contribution in [0.4, 0.5) is 5.69 Å². The summed E-state index contributed by atoms with van der Waals surface area (Å²) in [6, 6.07) is 19.6. The summed E-state index contributed by atoms with van der Waals surface area (Å²) in [7, 11) is 0. The highest BCUT2D eigenvalue weighted by atomic mass is 16.6. The van der Waals surface area contributed by atoms with Crippen molar-refractivity contribution >= 4 is 17.6 Å². The second-order valence-electron chi connectivity index (χ2n) is 10.4. The minimum atomic E-state index is -0.555. The van der Waals surface area contributed by atoms with Crippen LogP contribution in [-0.4, -0.2) is 16.9 Å². The SMILES string of the molecule is CCCCCCCCCCCCCCC(=O)Oc1ccc(-c2ccc(C(=O)Oc3ccc([N+](=O)[O-])cc3)cc2)cc1. The smallest absolute Gasteiger partial charge is 0.343 e. The van der Waals surface area contributed by atoms with Gasteiger partial charge in [0.2, 0.25) is 0 Å². The molecule has 0 spiro atoms. The van der Waals surface area contributed by atoms with E-state index in [1.165, 1.54) is 88.5 Å². The second-order valence-corrected chi connectivity index (χ2v) is 10.4. The van der Waals surface area contributed by atoms with Gasteiger partial charge < -0.3 is 9.47 Å². The van der Waals surface area contributed by atoms with Gasteiger partial charge >= 0.3 is 11.9 Å². The summed E-state index contributed by atoms with van der Waals surface area (Å²) in [6.45, 7) is 2.25. The Morgan fingerprint density at radius 2 is 1.05 bits per heavy atom. The van der Waals surface area contributed by atoms with Gasteiger partial charge in [-0.15, -0.1) is 0 Å². The first-order valence-corrected chi connectivity index (χ1v) is 14.8. The summed E-state index contributed by atoms with van der Waals surface area (Å²) in [6.07, 6.45) is 15.5. The third-order valence-electron chi connectivity index (χ3n) is 7.03. The Bertz CT molecular complexity index is 1220. The van der Waals surface area contributed by atoms with Crippen LogP contribution in [0.1, 0.15) is 101 Å². The second kappa shape index (κ2) is 17.6. The summed E-state index contributed by atoms with van der Waals surface area (Å²) in [5.41, 5.74) is 2.09. The van der Waals surface area contributed by atoms with Crippen LogP contribution in [0.5, 0.6) is 11.5 Å². The van der Waals surface area contributed by atoms with Crippen molar-refractivity contribution in [3.05, 3.63) is 88.5 Å². The lowest BCUT2D eigenvalue weighted by Crippen LogP contribution is -2.08. The first-order valence-electron chi connectivity index (χ1n) is 14.8.